The Morgan fingerprint density at radius 3 is 2.50 bits per heavy atom. The summed E-state index contributed by atoms with van der Waals surface area (Å²) < 4.78 is 1.79. The van der Waals surface area contributed by atoms with Crippen LogP contribution in [0.4, 0.5) is 0 Å². The third kappa shape index (κ3) is 2.30. The van der Waals surface area contributed by atoms with Crippen molar-refractivity contribution in [1.29, 1.82) is 0 Å². The van der Waals surface area contributed by atoms with Crippen LogP contribution >= 0.6 is 11.6 Å². The molecule has 0 radical (unpaired) electrons. The van der Waals surface area contributed by atoms with Gasteiger partial charge in [0, 0.05) is 17.5 Å². The van der Waals surface area contributed by atoms with Crippen LogP contribution in [0.3, 0.4) is 0 Å². The number of hydrogen-bond acceptors (Lipinski definition) is 3. The van der Waals surface area contributed by atoms with Crippen LogP contribution in [0.5, 0.6) is 0 Å². The molecule has 0 atom stereocenters. The standard InChI is InChI=1S/C15H13ClN4/c1-10-11(2)18-15(19-14(10)16)12-8-17-20(9-12)13-6-4-3-5-7-13/h3-9H,1-2H3. The van der Waals surface area contributed by atoms with Gasteiger partial charge in [0.1, 0.15) is 5.15 Å². The van der Waals surface area contributed by atoms with Gasteiger partial charge in [-0.1, -0.05) is 29.8 Å². The Labute approximate surface area is 122 Å². The van der Waals surface area contributed by atoms with Crippen LogP contribution in [-0.2, 0) is 0 Å². The molecule has 5 heteroatoms. The van der Waals surface area contributed by atoms with Gasteiger partial charge in [-0.2, -0.15) is 5.10 Å². The Kier molecular flexibility index (Phi) is 3.24. The van der Waals surface area contributed by atoms with Crippen molar-refractivity contribution in [3.63, 3.8) is 0 Å². The summed E-state index contributed by atoms with van der Waals surface area (Å²) in [6.45, 7) is 3.84. The molecule has 0 N–H and O–H groups in total. The van der Waals surface area contributed by atoms with Gasteiger partial charge in [-0.15, -0.1) is 0 Å². The number of rotatable bonds is 2. The van der Waals surface area contributed by atoms with Gasteiger partial charge in [0.15, 0.2) is 5.82 Å². The van der Waals surface area contributed by atoms with Gasteiger partial charge in [-0.3, -0.25) is 0 Å². The van der Waals surface area contributed by atoms with E-state index in [-0.39, 0.29) is 0 Å². The average Bonchev–Trinajstić information content (AvgIpc) is 2.95. The zero-order valence-corrected chi connectivity index (χ0v) is 12.0. The third-order valence-electron chi connectivity index (χ3n) is 3.19. The average molecular weight is 285 g/mol. The first-order valence-electron chi connectivity index (χ1n) is 6.26. The number of nitrogens with zero attached hydrogens (tertiary/aromatic N) is 4. The maximum atomic E-state index is 6.11. The van der Waals surface area contributed by atoms with Crippen LogP contribution in [-0.4, -0.2) is 19.7 Å². The fraction of sp³-hybridized carbons (Fsp3) is 0.133. The highest BCUT2D eigenvalue weighted by molar-refractivity contribution is 6.30. The number of para-hydroxylation sites is 1. The highest BCUT2D eigenvalue weighted by atomic mass is 35.5. The Balaban J connectivity index is 2.03. The maximum Gasteiger partial charge on any atom is 0.164 e. The smallest absolute Gasteiger partial charge is 0.164 e. The predicted molar refractivity (Wildman–Crippen MR) is 79.1 cm³/mol. The molecule has 0 amide bonds. The quantitative estimate of drug-likeness (QED) is 0.675. The second-order valence-corrected chi connectivity index (χ2v) is 4.92. The topological polar surface area (TPSA) is 43.6 Å². The lowest BCUT2D eigenvalue weighted by atomic mass is 10.2. The molecule has 3 rings (SSSR count). The summed E-state index contributed by atoms with van der Waals surface area (Å²) in [6, 6.07) is 9.90. The SMILES string of the molecule is Cc1nc(-c2cnn(-c3ccccc3)c2)nc(Cl)c1C. The van der Waals surface area contributed by atoms with Crippen molar-refractivity contribution in [3.8, 4) is 17.1 Å². The molecule has 0 unspecified atom stereocenters. The van der Waals surface area contributed by atoms with Crippen LogP contribution in [0.2, 0.25) is 5.15 Å². The molecule has 0 bridgehead atoms. The van der Waals surface area contributed by atoms with Gasteiger partial charge in [0.25, 0.3) is 0 Å². The molecule has 100 valence electrons. The summed E-state index contributed by atoms with van der Waals surface area (Å²) in [7, 11) is 0. The summed E-state index contributed by atoms with van der Waals surface area (Å²) in [4.78, 5) is 8.77. The van der Waals surface area contributed by atoms with E-state index in [0.717, 1.165) is 22.5 Å². The van der Waals surface area contributed by atoms with Crippen molar-refractivity contribution in [2.24, 2.45) is 0 Å². The molecular formula is C15H13ClN4. The van der Waals surface area contributed by atoms with Gasteiger partial charge in [-0.05, 0) is 26.0 Å². The number of benzene rings is 1. The van der Waals surface area contributed by atoms with E-state index in [0.29, 0.717) is 11.0 Å². The first-order chi connectivity index (χ1) is 9.65. The first-order valence-corrected chi connectivity index (χ1v) is 6.64. The summed E-state index contributed by atoms with van der Waals surface area (Å²) in [5.74, 6) is 0.597. The lowest BCUT2D eigenvalue weighted by Gasteiger charge is -2.04. The molecule has 1 aromatic carbocycles. The minimum Gasteiger partial charge on any atom is -0.240 e. The van der Waals surface area contributed by atoms with E-state index in [2.05, 4.69) is 15.1 Å². The van der Waals surface area contributed by atoms with E-state index in [4.69, 9.17) is 11.6 Å². The van der Waals surface area contributed by atoms with E-state index in [1.54, 1.807) is 10.9 Å². The molecule has 0 spiro atoms. The molecule has 0 aliphatic carbocycles. The Hall–Kier alpha value is -2.20. The van der Waals surface area contributed by atoms with Crippen molar-refractivity contribution in [2.75, 3.05) is 0 Å². The lowest BCUT2D eigenvalue weighted by molar-refractivity contribution is 0.880. The molecule has 0 aliphatic rings. The normalized spacial score (nSPS) is 10.8. The van der Waals surface area contributed by atoms with Gasteiger partial charge in [0.05, 0.1) is 17.4 Å². The summed E-state index contributed by atoms with van der Waals surface area (Å²) in [6.07, 6.45) is 3.64. The molecule has 20 heavy (non-hydrogen) atoms. The highest BCUT2D eigenvalue weighted by Crippen LogP contribution is 2.21. The van der Waals surface area contributed by atoms with Gasteiger partial charge in [0.2, 0.25) is 0 Å². The van der Waals surface area contributed by atoms with Crippen molar-refractivity contribution in [3.05, 3.63) is 59.1 Å². The lowest BCUT2D eigenvalue weighted by Crippen LogP contribution is -1.96. The molecule has 2 heterocycles. The number of hydrogen-bond donors (Lipinski definition) is 0. The van der Waals surface area contributed by atoms with E-state index in [1.807, 2.05) is 50.4 Å². The zero-order valence-electron chi connectivity index (χ0n) is 11.2. The number of halogens is 1. The minimum absolute atomic E-state index is 0.486. The van der Waals surface area contributed by atoms with Crippen molar-refractivity contribution < 1.29 is 0 Å². The molecule has 4 nitrogen and oxygen atoms in total. The van der Waals surface area contributed by atoms with Crippen LogP contribution in [0, 0.1) is 13.8 Å². The van der Waals surface area contributed by atoms with Crippen molar-refractivity contribution in [1.82, 2.24) is 19.7 Å². The zero-order chi connectivity index (χ0) is 14.1. The molecule has 0 fully saturated rings. The molecule has 0 saturated heterocycles. The van der Waals surface area contributed by atoms with Crippen LogP contribution in [0.15, 0.2) is 42.7 Å². The summed E-state index contributed by atoms with van der Waals surface area (Å²) in [5, 5.41) is 4.82. The summed E-state index contributed by atoms with van der Waals surface area (Å²) >= 11 is 6.11. The van der Waals surface area contributed by atoms with Crippen molar-refractivity contribution in [2.45, 2.75) is 13.8 Å². The monoisotopic (exact) mass is 284 g/mol. The number of aryl methyl sites for hydroxylation is 1. The van der Waals surface area contributed by atoms with E-state index in [9.17, 15) is 0 Å². The van der Waals surface area contributed by atoms with Crippen LogP contribution in [0.25, 0.3) is 17.1 Å². The highest BCUT2D eigenvalue weighted by Gasteiger charge is 2.10. The molecule has 0 saturated carbocycles. The predicted octanol–water partition coefficient (Wildman–Crippen LogP) is 3.60. The second-order valence-electron chi connectivity index (χ2n) is 4.56. The van der Waals surface area contributed by atoms with Gasteiger partial charge < -0.3 is 0 Å². The van der Waals surface area contributed by atoms with Crippen LogP contribution < -0.4 is 0 Å². The third-order valence-corrected chi connectivity index (χ3v) is 3.56. The molecule has 3 aromatic rings. The fourth-order valence-electron chi connectivity index (χ4n) is 1.88. The second kappa shape index (κ2) is 5.06. The van der Waals surface area contributed by atoms with Gasteiger partial charge >= 0.3 is 0 Å². The maximum absolute atomic E-state index is 6.11. The van der Waals surface area contributed by atoms with E-state index < -0.39 is 0 Å². The molecular weight excluding hydrogens is 272 g/mol. The van der Waals surface area contributed by atoms with Crippen molar-refractivity contribution >= 4 is 11.6 Å². The Morgan fingerprint density at radius 1 is 1.05 bits per heavy atom. The largest absolute Gasteiger partial charge is 0.240 e. The van der Waals surface area contributed by atoms with E-state index >= 15 is 0 Å². The Morgan fingerprint density at radius 2 is 1.80 bits per heavy atom. The molecule has 2 aromatic heterocycles. The van der Waals surface area contributed by atoms with Crippen LogP contribution in [0.1, 0.15) is 11.3 Å². The van der Waals surface area contributed by atoms with Gasteiger partial charge in [-0.25, -0.2) is 14.6 Å². The Bertz CT molecular complexity index is 727. The first kappa shape index (κ1) is 12.8. The fourth-order valence-corrected chi connectivity index (χ4v) is 2.10. The number of aromatic nitrogens is 4. The van der Waals surface area contributed by atoms with E-state index in [1.165, 1.54) is 0 Å². The molecule has 0 aliphatic heterocycles. The summed E-state index contributed by atoms with van der Waals surface area (Å²) in [5.41, 5.74) is 3.63. The minimum atomic E-state index is 0.486.